The van der Waals surface area contributed by atoms with E-state index in [0.717, 1.165) is 11.3 Å². The average Bonchev–Trinajstić information content (AvgIpc) is 2.51. The maximum Gasteiger partial charge on any atom is 0.266 e. The third kappa shape index (κ3) is 5.51. The number of rotatable bonds is 6. The molecule has 2 rings (SSSR count). The number of sulfonamides is 1. The van der Waals surface area contributed by atoms with Crippen LogP contribution in [0.15, 0.2) is 47.3 Å². The highest BCUT2D eigenvalue weighted by Gasteiger charge is 2.19. The van der Waals surface area contributed by atoms with Crippen molar-refractivity contribution >= 4 is 10.0 Å². The van der Waals surface area contributed by atoms with E-state index in [1.54, 1.807) is 6.07 Å². The van der Waals surface area contributed by atoms with Gasteiger partial charge in [-0.15, -0.1) is 0 Å². The highest BCUT2D eigenvalue weighted by molar-refractivity contribution is 7.88. The van der Waals surface area contributed by atoms with Crippen molar-refractivity contribution < 1.29 is 8.42 Å². The van der Waals surface area contributed by atoms with E-state index in [1.807, 2.05) is 51.1 Å². The van der Waals surface area contributed by atoms with Gasteiger partial charge in [0, 0.05) is 24.6 Å². The quantitative estimate of drug-likeness (QED) is 0.787. The lowest BCUT2D eigenvalue weighted by atomic mass is 9.92. The zero-order valence-corrected chi connectivity index (χ0v) is 16.0. The van der Waals surface area contributed by atoms with Crippen molar-refractivity contribution in [2.75, 3.05) is 12.8 Å². The summed E-state index contributed by atoms with van der Waals surface area (Å²) in [5, 5.41) is 4.39. The first-order chi connectivity index (χ1) is 11.6. The lowest BCUT2D eigenvalue weighted by Crippen LogP contribution is -2.36. The summed E-state index contributed by atoms with van der Waals surface area (Å²) in [6.07, 6.45) is 1.18. The van der Waals surface area contributed by atoms with Crippen molar-refractivity contribution in [1.82, 2.24) is 14.1 Å². The fraction of sp³-hybridized carbons (Fsp3) is 0.444. The summed E-state index contributed by atoms with van der Waals surface area (Å²) in [6, 6.07) is 12.6. The second-order valence-corrected chi connectivity index (χ2v) is 9.09. The molecule has 1 aromatic heterocycles. The molecule has 0 fully saturated rings. The molecule has 7 heteroatoms. The van der Waals surface area contributed by atoms with Crippen LogP contribution in [0.5, 0.6) is 0 Å². The smallest absolute Gasteiger partial charge is 0.266 e. The van der Waals surface area contributed by atoms with Gasteiger partial charge >= 0.3 is 0 Å². The van der Waals surface area contributed by atoms with Crippen LogP contribution in [0, 0.1) is 0 Å². The van der Waals surface area contributed by atoms with Crippen molar-refractivity contribution in [3.63, 3.8) is 0 Å². The third-order valence-corrected chi connectivity index (χ3v) is 5.12. The second-order valence-electron chi connectivity index (χ2n) is 7.11. The number of hydrogen-bond donors (Lipinski definition) is 0. The Morgan fingerprint density at radius 2 is 1.72 bits per heavy atom. The summed E-state index contributed by atoms with van der Waals surface area (Å²) in [6.45, 7) is 6.72. The molecule has 6 nitrogen and oxygen atoms in total. The molecule has 0 saturated carbocycles. The summed E-state index contributed by atoms with van der Waals surface area (Å²) < 4.78 is 26.9. The van der Waals surface area contributed by atoms with Crippen molar-refractivity contribution in [3.8, 4) is 0 Å². The molecular formula is C18H25N3O3S. The molecule has 1 heterocycles. The van der Waals surface area contributed by atoms with Crippen LogP contribution in [0.3, 0.4) is 0 Å². The Bertz CT molecular complexity index is 868. The van der Waals surface area contributed by atoms with Gasteiger partial charge in [0.1, 0.15) is 0 Å². The molecule has 0 bridgehead atoms. The Labute approximate surface area is 149 Å². The Kier molecular flexibility index (Phi) is 5.80. The van der Waals surface area contributed by atoms with Gasteiger partial charge < -0.3 is 0 Å². The van der Waals surface area contributed by atoms with Crippen LogP contribution in [0.1, 0.15) is 32.0 Å². The van der Waals surface area contributed by atoms with Gasteiger partial charge in [0.15, 0.2) is 0 Å². The minimum atomic E-state index is -3.39. The molecule has 0 aliphatic rings. The molecule has 0 saturated heterocycles. The summed E-state index contributed by atoms with van der Waals surface area (Å²) in [4.78, 5) is 12.1. The zero-order valence-electron chi connectivity index (χ0n) is 15.1. The summed E-state index contributed by atoms with van der Waals surface area (Å²) in [7, 11) is -3.39. The fourth-order valence-corrected chi connectivity index (χ4v) is 3.16. The van der Waals surface area contributed by atoms with Crippen LogP contribution in [0.2, 0.25) is 0 Å². The SMILES string of the molecule is CC(C)(C)c1ccc(=O)n(CCN(Cc2ccccc2)S(C)(=O)=O)n1. The lowest BCUT2D eigenvalue weighted by Gasteiger charge is -2.22. The third-order valence-electron chi connectivity index (χ3n) is 3.87. The predicted octanol–water partition coefficient (Wildman–Crippen LogP) is 2.00. The second kappa shape index (κ2) is 7.49. The highest BCUT2D eigenvalue weighted by Crippen LogP contribution is 2.18. The minimum Gasteiger partial charge on any atom is -0.268 e. The highest BCUT2D eigenvalue weighted by atomic mass is 32.2. The number of nitrogens with zero attached hydrogens (tertiary/aromatic N) is 3. The van der Waals surface area contributed by atoms with Gasteiger partial charge in [-0.25, -0.2) is 13.1 Å². The van der Waals surface area contributed by atoms with E-state index in [-0.39, 0.29) is 30.6 Å². The minimum absolute atomic E-state index is 0.185. The number of aromatic nitrogens is 2. The van der Waals surface area contributed by atoms with Crippen LogP contribution in [-0.4, -0.2) is 35.3 Å². The van der Waals surface area contributed by atoms with E-state index in [9.17, 15) is 13.2 Å². The zero-order chi connectivity index (χ0) is 18.7. The Hall–Kier alpha value is -1.99. The molecule has 136 valence electrons. The largest absolute Gasteiger partial charge is 0.268 e. The van der Waals surface area contributed by atoms with Crippen LogP contribution in [0.25, 0.3) is 0 Å². The molecule has 1 aromatic carbocycles. The molecule has 0 amide bonds. The molecule has 0 atom stereocenters. The average molecular weight is 363 g/mol. The Morgan fingerprint density at radius 3 is 2.28 bits per heavy atom. The van der Waals surface area contributed by atoms with Crippen LogP contribution >= 0.6 is 0 Å². The molecule has 0 spiro atoms. The predicted molar refractivity (Wildman–Crippen MR) is 98.9 cm³/mol. The van der Waals surface area contributed by atoms with Crippen LogP contribution < -0.4 is 5.56 Å². The number of benzene rings is 1. The Balaban J connectivity index is 2.20. The molecule has 2 aromatic rings. The van der Waals surface area contributed by atoms with Gasteiger partial charge in [0.2, 0.25) is 10.0 Å². The first-order valence-corrected chi connectivity index (χ1v) is 10.00. The van der Waals surface area contributed by atoms with E-state index in [0.29, 0.717) is 0 Å². The molecule has 0 unspecified atom stereocenters. The summed E-state index contributed by atoms with van der Waals surface area (Å²) in [5.41, 5.74) is 1.27. The van der Waals surface area contributed by atoms with E-state index in [1.165, 1.54) is 21.3 Å². The molecule has 0 radical (unpaired) electrons. The van der Waals surface area contributed by atoms with Crippen LogP contribution in [0.4, 0.5) is 0 Å². The normalized spacial score (nSPS) is 12.5. The number of hydrogen-bond acceptors (Lipinski definition) is 4. The molecule has 0 N–H and O–H groups in total. The topological polar surface area (TPSA) is 72.3 Å². The van der Waals surface area contributed by atoms with E-state index >= 15 is 0 Å². The standard InChI is InChI=1S/C18H25N3O3S/c1-18(2,3)16-10-11-17(22)21(19-16)13-12-20(25(4,23)24)14-15-8-6-5-7-9-15/h5-11H,12-14H2,1-4H3. The molecular weight excluding hydrogens is 338 g/mol. The maximum atomic E-state index is 12.1. The van der Waals surface area contributed by atoms with Crippen molar-refractivity contribution in [2.45, 2.75) is 39.3 Å². The van der Waals surface area contributed by atoms with Gasteiger partial charge in [-0.2, -0.15) is 9.40 Å². The summed E-state index contributed by atoms with van der Waals surface area (Å²) >= 11 is 0. The van der Waals surface area contributed by atoms with Gasteiger partial charge in [-0.1, -0.05) is 51.1 Å². The van der Waals surface area contributed by atoms with Crippen molar-refractivity contribution in [2.24, 2.45) is 0 Å². The molecule has 0 aliphatic carbocycles. The first-order valence-electron chi connectivity index (χ1n) is 8.15. The van der Waals surface area contributed by atoms with E-state index < -0.39 is 10.0 Å². The fourth-order valence-electron chi connectivity index (χ4n) is 2.36. The van der Waals surface area contributed by atoms with E-state index in [2.05, 4.69) is 5.10 Å². The summed E-state index contributed by atoms with van der Waals surface area (Å²) in [5.74, 6) is 0. The lowest BCUT2D eigenvalue weighted by molar-refractivity contribution is 0.371. The molecule has 25 heavy (non-hydrogen) atoms. The molecule has 0 aliphatic heterocycles. The van der Waals surface area contributed by atoms with Gasteiger partial charge in [-0.3, -0.25) is 4.79 Å². The maximum absolute atomic E-state index is 12.1. The van der Waals surface area contributed by atoms with Crippen molar-refractivity contribution in [3.05, 3.63) is 64.1 Å². The Morgan fingerprint density at radius 1 is 1.08 bits per heavy atom. The van der Waals surface area contributed by atoms with E-state index in [4.69, 9.17) is 0 Å². The first kappa shape index (κ1) is 19.3. The van der Waals surface area contributed by atoms with Crippen molar-refractivity contribution in [1.29, 1.82) is 0 Å². The van der Waals surface area contributed by atoms with Gasteiger partial charge in [0.05, 0.1) is 18.5 Å². The van der Waals surface area contributed by atoms with Crippen LogP contribution in [-0.2, 0) is 28.5 Å². The monoisotopic (exact) mass is 363 g/mol. The van der Waals surface area contributed by atoms with Gasteiger partial charge in [0.25, 0.3) is 5.56 Å². The van der Waals surface area contributed by atoms with Gasteiger partial charge in [-0.05, 0) is 11.6 Å².